The lowest BCUT2D eigenvalue weighted by atomic mass is 10.1. The molecule has 1 unspecified atom stereocenters. The summed E-state index contributed by atoms with van der Waals surface area (Å²) in [5.74, 6) is 2.24. The van der Waals surface area contributed by atoms with Crippen LogP contribution in [-0.4, -0.2) is 34.6 Å². The third-order valence-corrected chi connectivity index (χ3v) is 4.81. The van der Waals surface area contributed by atoms with E-state index >= 15 is 0 Å². The van der Waals surface area contributed by atoms with Gasteiger partial charge < -0.3 is 9.47 Å². The van der Waals surface area contributed by atoms with Crippen LogP contribution >= 0.6 is 0 Å². The van der Waals surface area contributed by atoms with Gasteiger partial charge in [0.05, 0.1) is 12.6 Å². The standard InChI is InChI=1S/C18H23N3O2/c1-2-22-12-17-19-18(15-7-8-23-11-15)21(20-17)16-9-13-5-3-4-6-14(13)10-16/h3-6,15-16H,2,7-12H2,1H3. The molecule has 23 heavy (non-hydrogen) atoms. The van der Waals surface area contributed by atoms with Crippen molar-refractivity contribution in [2.75, 3.05) is 19.8 Å². The summed E-state index contributed by atoms with van der Waals surface area (Å²) in [5.41, 5.74) is 2.88. The quantitative estimate of drug-likeness (QED) is 0.851. The second-order valence-corrected chi connectivity index (χ2v) is 6.36. The van der Waals surface area contributed by atoms with Gasteiger partial charge in [-0.05, 0) is 37.3 Å². The van der Waals surface area contributed by atoms with Gasteiger partial charge in [-0.15, -0.1) is 0 Å². The van der Waals surface area contributed by atoms with Crippen LogP contribution in [-0.2, 0) is 28.9 Å². The van der Waals surface area contributed by atoms with Crippen LogP contribution in [0.15, 0.2) is 24.3 Å². The average molecular weight is 313 g/mol. The predicted molar refractivity (Wildman–Crippen MR) is 86.4 cm³/mol. The van der Waals surface area contributed by atoms with Gasteiger partial charge in [0.25, 0.3) is 0 Å². The van der Waals surface area contributed by atoms with Crippen molar-refractivity contribution in [1.29, 1.82) is 0 Å². The van der Waals surface area contributed by atoms with Crippen molar-refractivity contribution in [2.24, 2.45) is 0 Å². The van der Waals surface area contributed by atoms with Crippen LogP contribution < -0.4 is 0 Å². The fourth-order valence-corrected chi connectivity index (χ4v) is 3.63. The van der Waals surface area contributed by atoms with Crippen molar-refractivity contribution < 1.29 is 9.47 Å². The molecule has 5 nitrogen and oxygen atoms in total. The van der Waals surface area contributed by atoms with Gasteiger partial charge in [-0.3, -0.25) is 0 Å². The Bertz CT molecular complexity index is 652. The Morgan fingerprint density at radius 3 is 2.70 bits per heavy atom. The maximum Gasteiger partial charge on any atom is 0.176 e. The van der Waals surface area contributed by atoms with E-state index in [-0.39, 0.29) is 0 Å². The lowest BCUT2D eigenvalue weighted by molar-refractivity contribution is 0.128. The average Bonchev–Trinajstić information content (AvgIpc) is 3.29. The molecule has 0 N–H and O–H groups in total. The normalized spacial score (nSPS) is 21.0. The first-order chi connectivity index (χ1) is 11.3. The number of hydrogen-bond acceptors (Lipinski definition) is 4. The number of aromatic nitrogens is 3. The minimum absolute atomic E-state index is 0.363. The smallest absolute Gasteiger partial charge is 0.176 e. The summed E-state index contributed by atoms with van der Waals surface area (Å²) in [6.45, 7) is 4.75. The summed E-state index contributed by atoms with van der Waals surface area (Å²) in [6, 6.07) is 9.06. The van der Waals surface area contributed by atoms with Gasteiger partial charge in [0.1, 0.15) is 12.4 Å². The van der Waals surface area contributed by atoms with Crippen LogP contribution in [0.3, 0.4) is 0 Å². The number of benzene rings is 1. The monoisotopic (exact) mass is 313 g/mol. The molecule has 1 aliphatic heterocycles. The molecule has 5 heteroatoms. The van der Waals surface area contributed by atoms with Crippen LogP contribution in [0.5, 0.6) is 0 Å². The van der Waals surface area contributed by atoms with E-state index in [0.717, 1.165) is 44.1 Å². The summed E-state index contributed by atoms with van der Waals surface area (Å²) < 4.78 is 13.2. The zero-order chi connectivity index (χ0) is 15.6. The Morgan fingerprint density at radius 1 is 1.26 bits per heavy atom. The van der Waals surface area contributed by atoms with Crippen molar-refractivity contribution in [3.05, 3.63) is 47.0 Å². The molecule has 4 rings (SSSR count). The van der Waals surface area contributed by atoms with Crippen molar-refractivity contribution in [1.82, 2.24) is 14.8 Å². The third kappa shape index (κ3) is 2.91. The second-order valence-electron chi connectivity index (χ2n) is 6.36. The molecular formula is C18H23N3O2. The molecule has 1 aromatic carbocycles. The number of rotatable bonds is 5. The van der Waals surface area contributed by atoms with E-state index < -0.39 is 0 Å². The first-order valence-electron chi connectivity index (χ1n) is 8.52. The third-order valence-electron chi connectivity index (χ3n) is 4.81. The van der Waals surface area contributed by atoms with E-state index in [4.69, 9.17) is 19.6 Å². The minimum Gasteiger partial charge on any atom is -0.381 e. The summed E-state index contributed by atoms with van der Waals surface area (Å²) in [6.07, 6.45) is 3.11. The Morgan fingerprint density at radius 2 is 2.04 bits per heavy atom. The number of fused-ring (bicyclic) bond motifs is 1. The van der Waals surface area contributed by atoms with Gasteiger partial charge in [-0.1, -0.05) is 24.3 Å². The largest absolute Gasteiger partial charge is 0.381 e. The van der Waals surface area contributed by atoms with E-state index in [9.17, 15) is 0 Å². The second kappa shape index (κ2) is 6.42. The SMILES string of the molecule is CCOCc1nc(C2CCOC2)n(C2Cc3ccccc3C2)n1. The molecule has 1 saturated heterocycles. The summed E-state index contributed by atoms with van der Waals surface area (Å²) >= 11 is 0. The van der Waals surface area contributed by atoms with E-state index in [1.165, 1.54) is 11.1 Å². The summed E-state index contributed by atoms with van der Waals surface area (Å²) in [5, 5.41) is 4.78. The highest BCUT2D eigenvalue weighted by atomic mass is 16.5. The molecule has 1 fully saturated rings. The molecule has 1 aliphatic carbocycles. The van der Waals surface area contributed by atoms with Crippen LogP contribution in [0.25, 0.3) is 0 Å². The first-order valence-corrected chi connectivity index (χ1v) is 8.52. The maximum atomic E-state index is 5.57. The molecule has 0 saturated carbocycles. The molecule has 0 spiro atoms. The lowest BCUT2D eigenvalue weighted by Gasteiger charge is -2.15. The van der Waals surface area contributed by atoms with Crippen LogP contribution in [0.1, 0.15) is 48.1 Å². The van der Waals surface area contributed by atoms with Crippen LogP contribution in [0.2, 0.25) is 0 Å². The Balaban J connectivity index is 1.62. The fourth-order valence-electron chi connectivity index (χ4n) is 3.63. The molecule has 0 amide bonds. The summed E-state index contributed by atoms with van der Waals surface area (Å²) in [4.78, 5) is 4.78. The van der Waals surface area contributed by atoms with E-state index in [1.807, 2.05) is 6.92 Å². The highest BCUT2D eigenvalue weighted by Gasteiger charge is 2.30. The van der Waals surface area contributed by atoms with Gasteiger partial charge >= 0.3 is 0 Å². The van der Waals surface area contributed by atoms with Gasteiger partial charge in [0.15, 0.2) is 5.82 Å². The maximum absolute atomic E-state index is 5.57. The van der Waals surface area contributed by atoms with Gasteiger partial charge in [0, 0.05) is 19.1 Å². The summed E-state index contributed by atoms with van der Waals surface area (Å²) in [7, 11) is 0. The molecule has 0 radical (unpaired) electrons. The highest BCUT2D eigenvalue weighted by molar-refractivity contribution is 5.33. The molecule has 0 bridgehead atoms. The molecule has 1 aromatic heterocycles. The molecule has 2 aliphatic rings. The zero-order valence-corrected chi connectivity index (χ0v) is 13.6. The Labute approximate surface area is 136 Å². The minimum atomic E-state index is 0.363. The lowest BCUT2D eigenvalue weighted by Crippen LogP contribution is -2.17. The molecule has 2 heterocycles. The molecule has 2 aromatic rings. The van der Waals surface area contributed by atoms with Crippen LogP contribution in [0, 0.1) is 0 Å². The fraction of sp³-hybridized carbons (Fsp3) is 0.556. The zero-order valence-electron chi connectivity index (χ0n) is 13.6. The topological polar surface area (TPSA) is 49.2 Å². The number of ether oxygens (including phenoxy) is 2. The predicted octanol–water partition coefficient (Wildman–Crippen LogP) is 2.66. The molecule has 1 atom stereocenters. The first kappa shape index (κ1) is 14.8. The Hall–Kier alpha value is -1.72. The van der Waals surface area contributed by atoms with Crippen molar-refractivity contribution >= 4 is 0 Å². The van der Waals surface area contributed by atoms with Gasteiger partial charge in [-0.2, -0.15) is 5.10 Å². The number of nitrogens with zero attached hydrogens (tertiary/aromatic N) is 3. The van der Waals surface area contributed by atoms with E-state index in [1.54, 1.807) is 0 Å². The number of hydrogen-bond donors (Lipinski definition) is 0. The van der Waals surface area contributed by atoms with E-state index in [2.05, 4.69) is 28.9 Å². The molecular weight excluding hydrogens is 290 g/mol. The van der Waals surface area contributed by atoms with Crippen molar-refractivity contribution in [3.8, 4) is 0 Å². The van der Waals surface area contributed by atoms with Gasteiger partial charge in [-0.25, -0.2) is 9.67 Å². The van der Waals surface area contributed by atoms with Crippen molar-refractivity contribution in [2.45, 2.75) is 44.8 Å². The van der Waals surface area contributed by atoms with Crippen molar-refractivity contribution in [3.63, 3.8) is 0 Å². The van der Waals surface area contributed by atoms with Crippen LogP contribution in [0.4, 0.5) is 0 Å². The Kier molecular flexibility index (Phi) is 4.14. The molecule has 122 valence electrons. The van der Waals surface area contributed by atoms with Gasteiger partial charge in [0.2, 0.25) is 0 Å². The van der Waals surface area contributed by atoms with E-state index in [0.29, 0.717) is 25.2 Å². The highest BCUT2D eigenvalue weighted by Crippen LogP contribution is 2.33.